The van der Waals surface area contributed by atoms with Gasteiger partial charge in [0.15, 0.2) is 0 Å². The number of para-hydroxylation sites is 1. The fourth-order valence-corrected chi connectivity index (χ4v) is 3.28. The Hall–Kier alpha value is -1.75. The molecule has 3 N–H and O–H groups in total. The van der Waals surface area contributed by atoms with Gasteiger partial charge in [0.2, 0.25) is 0 Å². The van der Waals surface area contributed by atoms with Crippen LogP contribution in [-0.4, -0.2) is 23.9 Å². The summed E-state index contributed by atoms with van der Waals surface area (Å²) < 4.78 is 0. The number of halogens is 2. The minimum absolute atomic E-state index is 0. The Morgan fingerprint density at radius 3 is 2.50 bits per heavy atom. The lowest BCUT2D eigenvalue weighted by molar-refractivity contribution is 0.102. The van der Waals surface area contributed by atoms with Crippen molar-refractivity contribution in [3.8, 4) is 0 Å². The number of amides is 1. The van der Waals surface area contributed by atoms with E-state index in [2.05, 4.69) is 29.3 Å². The van der Waals surface area contributed by atoms with Crippen molar-refractivity contribution in [2.75, 3.05) is 24.1 Å². The number of benzene rings is 2. The SMILES string of the molecule is CC1CCCN(Cc2ccc(NC(=O)c3ccccc3N)cc2)C1.Cl.Cl. The summed E-state index contributed by atoms with van der Waals surface area (Å²) in [5.74, 6) is 0.611. The molecule has 0 spiro atoms. The molecule has 6 heteroatoms. The number of nitrogens with two attached hydrogens (primary N) is 1. The number of carbonyl (C=O) groups is 1. The molecule has 0 bridgehead atoms. The molecule has 1 unspecified atom stereocenters. The van der Waals surface area contributed by atoms with Crippen LogP contribution in [0.15, 0.2) is 48.5 Å². The van der Waals surface area contributed by atoms with Gasteiger partial charge in [0, 0.05) is 24.5 Å². The van der Waals surface area contributed by atoms with Crippen LogP contribution in [0.2, 0.25) is 0 Å². The average Bonchev–Trinajstić information content (AvgIpc) is 2.57. The maximum Gasteiger partial charge on any atom is 0.257 e. The minimum Gasteiger partial charge on any atom is -0.398 e. The highest BCUT2D eigenvalue weighted by Crippen LogP contribution is 2.19. The summed E-state index contributed by atoms with van der Waals surface area (Å²) in [6.45, 7) is 5.64. The van der Waals surface area contributed by atoms with Gasteiger partial charge in [-0.1, -0.05) is 31.2 Å². The van der Waals surface area contributed by atoms with E-state index in [1.165, 1.54) is 31.5 Å². The Morgan fingerprint density at radius 2 is 1.85 bits per heavy atom. The monoisotopic (exact) mass is 395 g/mol. The van der Waals surface area contributed by atoms with E-state index in [0.717, 1.165) is 18.2 Å². The number of anilines is 2. The zero-order chi connectivity index (χ0) is 16.9. The molecular formula is C20H27Cl2N3O. The number of hydrogen-bond acceptors (Lipinski definition) is 3. The molecular weight excluding hydrogens is 369 g/mol. The van der Waals surface area contributed by atoms with Crippen molar-refractivity contribution in [1.29, 1.82) is 0 Å². The molecule has 2 aromatic rings. The lowest BCUT2D eigenvalue weighted by Crippen LogP contribution is -2.33. The summed E-state index contributed by atoms with van der Waals surface area (Å²) in [6.07, 6.45) is 2.62. The molecule has 0 aromatic heterocycles. The van der Waals surface area contributed by atoms with Crippen molar-refractivity contribution in [2.24, 2.45) is 5.92 Å². The molecule has 142 valence electrons. The number of hydrogen-bond donors (Lipinski definition) is 2. The fourth-order valence-electron chi connectivity index (χ4n) is 3.28. The van der Waals surface area contributed by atoms with E-state index in [-0.39, 0.29) is 30.7 Å². The summed E-state index contributed by atoms with van der Waals surface area (Å²) in [6, 6.07) is 15.2. The molecule has 0 saturated carbocycles. The number of nitrogens with zero attached hydrogens (tertiary/aromatic N) is 1. The predicted molar refractivity (Wildman–Crippen MR) is 113 cm³/mol. The molecule has 0 aliphatic carbocycles. The van der Waals surface area contributed by atoms with E-state index in [1.807, 2.05) is 24.3 Å². The zero-order valence-corrected chi connectivity index (χ0v) is 16.6. The van der Waals surface area contributed by atoms with Gasteiger partial charge in [-0.15, -0.1) is 24.8 Å². The number of piperidine rings is 1. The molecule has 3 rings (SSSR count). The summed E-state index contributed by atoms with van der Waals surface area (Å²) in [5.41, 5.74) is 8.91. The van der Waals surface area contributed by atoms with E-state index in [1.54, 1.807) is 12.1 Å². The van der Waals surface area contributed by atoms with Crippen molar-refractivity contribution in [3.63, 3.8) is 0 Å². The molecule has 1 aliphatic heterocycles. The van der Waals surface area contributed by atoms with E-state index >= 15 is 0 Å². The predicted octanol–water partition coefficient (Wildman–Crippen LogP) is 4.60. The van der Waals surface area contributed by atoms with Crippen LogP contribution in [0.1, 0.15) is 35.7 Å². The lowest BCUT2D eigenvalue weighted by atomic mass is 10.00. The third-order valence-electron chi connectivity index (χ3n) is 4.56. The summed E-state index contributed by atoms with van der Waals surface area (Å²) >= 11 is 0. The molecule has 4 nitrogen and oxygen atoms in total. The first kappa shape index (κ1) is 22.3. The molecule has 1 heterocycles. The van der Waals surface area contributed by atoms with Crippen LogP contribution in [0.25, 0.3) is 0 Å². The summed E-state index contributed by atoms with van der Waals surface area (Å²) in [5, 5.41) is 2.90. The van der Waals surface area contributed by atoms with Crippen molar-refractivity contribution in [3.05, 3.63) is 59.7 Å². The van der Waals surface area contributed by atoms with Crippen LogP contribution in [0.4, 0.5) is 11.4 Å². The Bertz CT molecular complexity index is 706. The highest BCUT2D eigenvalue weighted by Gasteiger charge is 2.16. The van der Waals surface area contributed by atoms with Crippen LogP contribution in [0, 0.1) is 5.92 Å². The van der Waals surface area contributed by atoms with Gasteiger partial charge in [-0.2, -0.15) is 0 Å². The first-order chi connectivity index (χ1) is 11.6. The maximum atomic E-state index is 12.3. The average molecular weight is 396 g/mol. The van der Waals surface area contributed by atoms with E-state index in [0.29, 0.717) is 11.3 Å². The molecule has 1 fully saturated rings. The smallest absolute Gasteiger partial charge is 0.257 e. The van der Waals surface area contributed by atoms with Gasteiger partial charge in [-0.3, -0.25) is 9.69 Å². The highest BCUT2D eigenvalue weighted by molar-refractivity contribution is 6.07. The van der Waals surface area contributed by atoms with Crippen LogP contribution in [-0.2, 0) is 6.54 Å². The van der Waals surface area contributed by atoms with Gasteiger partial charge >= 0.3 is 0 Å². The van der Waals surface area contributed by atoms with Crippen LogP contribution in [0.3, 0.4) is 0 Å². The normalized spacial score (nSPS) is 16.9. The zero-order valence-electron chi connectivity index (χ0n) is 15.0. The second-order valence-electron chi connectivity index (χ2n) is 6.72. The number of nitrogens with one attached hydrogen (secondary N) is 1. The Morgan fingerprint density at radius 1 is 1.15 bits per heavy atom. The third-order valence-corrected chi connectivity index (χ3v) is 4.56. The van der Waals surface area contributed by atoms with Crippen molar-refractivity contribution in [2.45, 2.75) is 26.3 Å². The van der Waals surface area contributed by atoms with E-state index in [9.17, 15) is 4.79 Å². The molecule has 0 radical (unpaired) electrons. The molecule has 1 atom stereocenters. The van der Waals surface area contributed by atoms with Crippen LogP contribution in [0.5, 0.6) is 0 Å². The number of likely N-dealkylation sites (tertiary alicyclic amines) is 1. The molecule has 26 heavy (non-hydrogen) atoms. The standard InChI is InChI=1S/C20H25N3O.2ClH/c1-15-5-4-12-23(13-15)14-16-8-10-17(11-9-16)22-20(24)18-6-2-3-7-19(18)21;;/h2-3,6-11,15H,4-5,12-14,21H2,1H3,(H,22,24);2*1H. The lowest BCUT2D eigenvalue weighted by Gasteiger charge is -2.30. The first-order valence-corrected chi connectivity index (χ1v) is 8.59. The highest BCUT2D eigenvalue weighted by atomic mass is 35.5. The van der Waals surface area contributed by atoms with Gasteiger partial charge in [-0.25, -0.2) is 0 Å². The van der Waals surface area contributed by atoms with Crippen LogP contribution < -0.4 is 11.1 Å². The fraction of sp³-hybridized carbons (Fsp3) is 0.350. The number of nitrogen functional groups attached to an aromatic ring is 1. The second kappa shape index (κ2) is 10.4. The first-order valence-electron chi connectivity index (χ1n) is 8.59. The second-order valence-corrected chi connectivity index (χ2v) is 6.72. The molecule has 2 aromatic carbocycles. The van der Waals surface area contributed by atoms with E-state index < -0.39 is 0 Å². The van der Waals surface area contributed by atoms with Gasteiger partial charge in [0.05, 0.1) is 5.56 Å². The van der Waals surface area contributed by atoms with Gasteiger partial charge < -0.3 is 11.1 Å². The largest absolute Gasteiger partial charge is 0.398 e. The maximum absolute atomic E-state index is 12.3. The van der Waals surface area contributed by atoms with Crippen molar-refractivity contribution < 1.29 is 4.79 Å². The number of carbonyl (C=O) groups excluding carboxylic acids is 1. The quantitative estimate of drug-likeness (QED) is 0.743. The third kappa shape index (κ3) is 5.90. The summed E-state index contributed by atoms with van der Waals surface area (Å²) in [4.78, 5) is 14.8. The van der Waals surface area contributed by atoms with Gasteiger partial charge in [0.25, 0.3) is 5.91 Å². The van der Waals surface area contributed by atoms with Crippen LogP contribution >= 0.6 is 24.8 Å². The Labute approximate surface area is 168 Å². The Balaban J connectivity index is 0.00000169. The van der Waals surface area contributed by atoms with Crippen molar-refractivity contribution >= 4 is 42.1 Å². The summed E-state index contributed by atoms with van der Waals surface area (Å²) in [7, 11) is 0. The van der Waals surface area contributed by atoms with Crippen molar-refractivity contribution in [1.82, 2.24) is 4.90 Å². The van der Waals surface area contributed by atoms with E-state index in [4.69, 9.17) is 5.73 Å². The van der Waals surface area contributed by atoms with Gasteiger partial charge in [0.1, 0.15) is 0 Å². The molecule has 1 saturated heterocycles. The number of rotatable bonds is 4. The Kier molecular flexibility index (Phi) is 8.93. The molecule has 1 amide bonds. The van der Waals surface area contributed by atoms with Gasteiger partial charge in [-0.05, 0) is 55.1 Å². The minimum atomic E-state index is -0.175. The molecule has 1 aliphatic rings. The topological polar surface area (TPSA) is 58.4 Å².